The Morgan fingerprint density at radius 2 is 1.72 bits per heavy atom. The Morgan fingerprint density at radius 1 is 1.17 bits per heavy atom. The molecule has 0 aliphatic heterocycles. The highest BCUT2D eigenvalue weighted by Crippen LogP contribution is 2.32. The van der Waals surface area contributed by atoms with E-state index >= 15 is 0 Å². The van der Waals surface area contributed by atoms with Crippen LogP contribution in [-0.4, -0.2) is 36.7 Å². The second-order valence-corrected chi connectivity index (χ2v) is 5.18. The molecule has 106 valence electrons. The first-order chi connectivity index (χ1) is 8.05. The molecule has 0 unspecified atom stereocenters. The summed E-state index contributed by atoms with van der Waals surface area (Å²) in [7, 11) is 0. The summed E-state index contributed by atoms with van der Waals surface area (Å²) in [4.78, 5) is 11.3. The first-order valence-electron chi connectivity index (χ1n) is 5.63. The van der Waals surface area contributed by atoms with Crippen molar-refractivity contribution < 1.29 is 32.2 Å². The molecule has 18 heavy (non-hydrogen) atoms. The van der Waals surface area contributed by atoms with Gasteiger partial charge >= 0.3 is 12.3 Å². The quantitative estimate of drug-likeness (QED) is 0.736. The molecule has 0 aromatic rings. The van der Waals surface area contributed by atoms with Crippen molar-refractivity contribution in [2.45, 2.75) is 57.8 Å². The van der Waals surface area contributed by atoms with E-state index in [-0.39, 0.29) is 25.6 Å². The van der Waals surface area contributed by atoms with Crippen LogP contribution in [0.5, 0.6) is 0 Å². The summed E-state index contributed by atoms with van der Waals surface area (Å²) in [5.74, 6) is -0.525. The molecule has 1 fully saturated rings. The van der Waals surface area contributed by atoms with Crippen LogP contribution in [0.2, 0.25) is 0 Å². The van der Waals surface area contributed by atoms with Gasteiger partial charge in [0.1, 0.15) is 12.2 Å². The standard InChI is InChI=1S/C11H17F3O4/c1-10(2,3)18-9(15)6-16-7-4-8(5-7)17-11(12,13)14/h7-8H,4-6H2,1-3H3/t7-,8-. The Balaban J connectivity index is 2.12. The average Bonchev–Trinajstić information content (AvgIpc) is 2.03. The maximum Gasteiger partial charge on any atom is 0.522 e. The Hall–Kier alpha value is -0.820. The third-order valence-electron chi connectivity index (χ3n) is 2.21. The van der Waals surface area contributed by atoms with Gasteiger partial charge in [-0.25, -0.2) is 4.79 Å². The third-order valence-corrected chi connectivity index (χ3v) is 2.21. The minimum Gasteiger partial charge on any atom is -0.458 e. The van der Waals surface area contributed by atoms with Crippen LogP contribution in [0.1, 0.15) is 33.6 Å². The van der Waals surface area contributed by atoms with Crippen LogP contribution in [0, 0.1) is 0 Å². The van der Waals surface area contributed by atoms with Crippen LogP contribution < -0.4 is 0 Å². The summed E-state index contributed by atoms with van der Waals surface area (Å²) >= 11 is 0. The first-order valence-corrected chi connectivity index (χ1v) is 5.63. The van der Waals surface area contributed by atoms with Gasteiger partial charge in [-0.15, -0.1) is 13.2 Å². The molecular formula is C11H17F3O4. The van der Waals surface area contributed by atoms with Crippen molar-refractivity contribution >= 4 is 5.97 Å². The Labute approximate surface area is 103 Å². The molecule has 0 saturated heterocycles. The van der Waals surface area contributed by atoms with E-state index in [1.54, 1.807) is 20.8 Å². The van der Waals surface area contributed by atoms with Crippen molar-refractivity contribution in [1.82, 2.24) is 0 Å². The number of esters is 1. The van der Waals surface area contributed by atoms with E-state index in [9.17, 15) is 18.0 Å². The molecular weight excluding hydrogens is 253 g/mol. The molecule has 1 aliphatic carbocycles. The lowest BCUT2D eigenvalue weighted by molar-refractivity contribution is -0.357. The van der Waals surface area contributed by atoms with E-state index in [0.717, 1.165) is 0 Å². The van der Waals surface area contributed by atoms with Crippen LogP contribution in [0.15, 0.2) is 0 Å². The molecule has 0 radical (unpaired) electrons. The topological polar surface area (TPSA) is 44.8 Å². The van der Waals surface area contributed by atoms with Gasteiger partial charge in [0, 0.05) is 12.8 Å². The van der Waals surface area contributed by atoms with E-state index in [0.29, 0.717) is 0 Å². The van der Waals surface area contributed by atoms with Crippen molar-refractivity contribution in [3.8, 4) is 0 Å². The number of carbonyl (C=O) groups is 1. The number of halogens is 3. The number of carbonyl (C=O) groups excluding carboxylic acids is 1. The Bertz CT molecular complexity index is 290. The van der Waals surface area contributed by atoms with Crippen molar-refractivity contribution in [3.63, 3.8) is 0 Å². The second kappa shape index (κ2) is 5.44. The Morgan fingerprint density at radius 3 is 2.17 bits per heavy atom. The number of hydrogen-bond acceptors (Lipinski definition) is 4. The number of rotatable bonds is 4. The minimum atomic E-state index is -4.61. The summed E-state index contributed by atoms with van der Waals surface area (Å²) in [6.07, 6.45) is -5.57. The molecule has 7 heteroatoms. The van der Waals surface area contributed by atoms with Crippen LogP contribution >= 0.6 is 0 Å². The fraction of sp³-hybridized carbons (Fsp3) is 0.909. The molecule has 0 amide bonds. The van der Waals surface area contributed by atoms with E-state index in [2.05, 4.69) is 4.74 Å². The van der Waals surface area contributed by atoms with Gasteiger partial charge in [-0.05, 0) is 20.8 Å². The first kappa shape index (κ1) is 15.2. The van der Waals surface area contributed by atoms with E-state index in [1.807, 2.05) is 0 Å². The van der Waals surface area contributed by atoms with Crippen molar-refractivity contribution in [2.24, 2.45) is 0 Å². The molecule has 0 atom stereocenters. The predicted octanol–water partition coefficient (Wildman–Crippen LogP) is 2.41. The molecule has 0 N–H and O–H groups in total. The smallest absolute Gasteiger partial charge is 0.458 e. The second-order valence-electron chi connectivity index (χ2n) is 5.18. The lowest BCUT2D eigenvalue weighted by Crippen LogP contribution is -2.41. The molecule has 0 spiro atoms. The lowest BCUT2D eigenvalue weighted by atomic mass is 9.92. The fourth-order valence-electron chi connectivity index (χ4n) is 1.50. The molecule has 0 aromatic heterocycles. The van der Waals surface area contributed by atoms with Gasteiger partial charge in [0.2, 0.25) is 0 Å². The zero-order chi connectivity index (χ0) is 14.0. The van der Waals surface area contributed by atoms with E-state index in [1.165, 1.54) is 0 Å². The van der Waals surface area contributed by atoms with Gasteiger partial charge in [0.25, 0.3) is 0 Å². The van der Waals surface area contributed by atoms with Gasteiger partial charge in [0.15, 0.2) is 0 Å². The van der Waals surface area contributed by atoms with Gasteiger partial charge in [0.05, 0.1) is 12.2 Å². The monoisotopic (exact) mass is 270 g/mol. The number of hydrogen-bond donors (Lipinski definition) is 0. The molecule has 0 bridgehead atoms. The maximum atomic E-state index is 11.8. The summed E-state index contributed by atoms with van der Waals surface area (Å²) in [5.41, 5.74) is -0.595. The highest BCUT2D eigenvalue weighted by Gasteiger charge is 2.40. The molecule has 0 aromatic carbocycles. The predicted molar refractivity (Wildman–Crippen MR) is 55.7 cm³/mol. The molecule has 1 rings (SSSR count). The van der Waals surface area contributed by atoms with E-state index in [4.69, 9.17) is 9.47 Å². The maximum absolute atomic E-state index is 11.8. The van der Waals surface area contributed by atoms with Crippen LogP contribution in [0.4, 0.5) is 13.2 Å². The SMILES string of the molecule is CC(C)(C)OC(=O)CO[C@H]1C[C@H](OC(F)(F)F)C1. The minimum absolute atomic E-state index is 0.141. The molecule has 0 heterocycles. The van der Waals surface area contributed by atoms with Crippen molar-refractivity contribution in [1.29, 1.82) is 0 Å². The number of ether oxygens (including phenoxy) is 3. The number of alkyl halides is 3. The average molecular weight is 270 g/mol. The van der Waals surface area contributed by atoms with Gasteiger partial charge in [-0.1, -0.05) is 0 Å². The van der Waals surface area contributed by atoms with Crippen molar-refractivity contribution in [3.05, 3.63) is 0 Å². The lowest BCUT2D eigenvalue weighted by Gasteiger charge is -2.34. The van der Waals surface area contributed by atoms with Crippen LogP contribution in [0.3, 0.4) is 0 Å². The zero-order valence-corrected chi connectivity index (χ0v) is 10.5. The van der Waals surface area contributed by atoms with Gasteiger partial charge in [-0.2, -0.15) is 0 Å². The summed E-state index contributed by atoms with van der Waals surface area (Å²) < 4.78 is 49.3. The van der Waals surface area contributed by atoms with Crippen LogP contribution in [-0.2, 0) is 19.0 Å². The largest absolute Gasteiger partial charge is 0.522 e. The van der Waals surface area contributed by atoms with Crippen LogP contribution in [0.25, 0.3) is 0 Å². The summed E-state index contributed by atoms with van der Waals surface area (Å²) in [6.45, 7) is 4.92. The molecule has 4 nitrogen and oxygen atoms in total. The highest BCUT2D eigenvalue weighted by molar-refractivity contribution is 5.71. The molecule has 1 aliphatic rings. The van der Waals surface area contributed by atoms with Gasteiger partial charge in [-0.3, -0.25) is 4.74 Å². The summed E-state index contributed by atoms with van der Waals surface area (Å²) in [5, 5.41) is 0. The third kappa shape index (κ3) is 6.20. The summed E-state index contributed by atoms with van der Waals surface area (Å²) in [6, 6.07) is 0. The fourth-order valence-corrected chi connectivity index (χ4v) is 1.50. The van der Waals surface area contributed by atoms with Crippen molar-refractivity contribution in [2.75, 3.05) is 6.61 Å². The van der Waals surface area contributed by atoms with E-state index < -0.39 is 24.0 Å². The van der Waals surface area contributed by atoms with Gasteiger partial charge < -0.3 is 9.47 Å². The molecule has 1 saturated carbocycles. The zero-order valence-electron chi connectivity index (χ0n) is 10.5. The Kier molecular flexibility index (Phi) is 4.61. The normalized spacial score (nSPS) is 24.6. The highest BCUT2D eigenvalue weighted by atomic mass is 19.4.